The van der Waals surface area contributed by atoms with Gasteiger partial charge in [-0.05, 0) is 30.7 Å². The molecule has 134 valence electrons. The number of carbonyl (C=O) groups excluding carboxylic acids is 1. The molecule has 1 unspecified atom stereocenters. The largest absolute Gasteiger partial charge is 0.497 e. The average molecular weight is 362 g/mol. The summed E-state index contributed by atoms with van der Waals surface area (Å²) in [5.74, 6) is 3.11. The highest BCUT2D eigenvalue weighted by atomic mass is 32.2. The molecule has 0 saturated carbocycles. The summed E-state index contributed by atoms with van der Waals surface area (Å²) in [5.41, 5.74) is 0.632. The fourth-order valence-corrected chi connectivity index (χ4v) is 3.95. The highest BCUT2D eigenvalue weighted by molar-refractivity contribution is 7.99. The molecule has 6 nitrogen and oxygen atoms in total. The normalized spacial score (nSPS) is 17.7. The van der Waals surface area contributed by atoms with Gasteiger partial charge in [-0.25, -0.2) is 4.79 Å². The van der Waals surface area contributed by atoms with E-state index in [1.807, 2.05) is 28.8 Å². The number of anilines is 1. The summed E-state index contributed by atoms with van der Waals surface area (Å²) < 4.78 is 16.0. The average Bonchev–Trinajstić information content (AvgIpc) is 3.06. The van der Waals surface area contributed by atoms with Gasteiger partial charge in [-0.15, -0.1) is 11.8 Å². The summed E-state index contributed by atoms with van der Waals surface area (Å²) >= 11 is 1.83. The lowest BCUT2D eigenvalue weighted by atomic mass is 10.2. The van der Waals surface area contributed by atoms with Crippen LogP contribution in [-0.4, -0.2) is 44.0 Å². The van der Waals surface area contributed by atoms with E-state index in [0.717, 1.165) is 17.9 Å². The number of ether oxygens (including phenoxy) is 2. The maximum Gasteiger partial charge on any atom is 0.321 e. The van der Waals surface area contributed by atoms with Gasteiger partial charge in [0, 0.05) is 24.9 Å². The van der Waals surface area contributed by atoms with E-state index in [2.05, 4.69) is 5.32 Å². The Morgan fingerprint density at radius 1 is 1.28 bits per heavy atom. The Hall–Kier alpha value is -2.28. The van der Waals surface area contributed by atoms with Crippen molar-refractivity contribution in [2.75, 3.05) is 38.4 Å². The van der Waals surface area contributed by atoms with E-state index in [-0.39, 0.29) is 6.03 Å². The number of thioether (sulfide) groups is 1. The van der Waals surface area contributed by atoms with E-state index in [4.69, 9.17) is 13.9 Å². The molecule has 2 aromatic rings. The van der Waals surface area contributed by atoms with Crippen LogP contribution in [0, 0.1) is 0 Å². The molecule has 0 aliphatic carbocycles. The van der Waals surface area contributed by atoms with Gasteiger partial charge in [-0.2, -0.15) is 0 Å². The van der Waals surface area contributed by atoms with Crippen molar-refractivity contribution in [1.29, 1.82) is 0 Å². The van der Waals surface area contributed by atoms with E-state index >= 15 is 0 Å². The second-order valence-corrected chi connectivity index (χ2v) is 6.96. The van der Waals surface area contributed by atoms with Crippen molar-refractivity contribution in [3.8, 4) is 11.5 Å². The van der Waals surface area contributed by atoms with Crippen molar-refractivity contribution in [2.24, 2.45) is 0 Å². The number of nitrogens with one attached hydrogen (secondary N) is 1. The van der Waals surface area contributed by atoms with Crippen LogP contribution >= 0.6 is 11.8 Å². The highest BCUT2D eigenvalue weighted by Gasteiger charge is 2.24. The molecule has 7 heteroatoms. The zero-order valence-electron chi connectivity index (χ0n) is 14.4. The van der Waals surface area contributed by atoms with Crippen molar-refractivity contribution in [2.45, 2.75) is 11.7 Å². The van der Waals surface area contributed by atoms with Crippen LogP contribution in [0.3, 0.4) is 0 Å². The van der Waals surface area contributed by atoms with E-state index < -0.39 is 0 Å². The summed E-state index contributed by atoms with van der Waals surface area (Å²) in [6, 6.07) is 9.11. The number of amides is 2. The minimum Gasteiger partial charge on any atom is -0.497 e. The minimum atomic E-state index is -0.121. The molecular weight excluding hydrogens is 340 g/mol. The number of hydrogen-bond donors (Lipinski definition) is 1. The predicted octanol–water partition coefficient (Wildman–Crippen LogP) is 4.01. The summed E-state index contributed by atoms with van der Waals surface area (Å²) in [6.07, 6.45) is 2.56. The minimum absolute atomic E-state index is 0.121. The van der Waals surface area contributed by atoms with Crippen LogP contribution in [0.1, 0.15) is 17.4 Å². The van der Waals surface area contributed by atoms with Crippen LogP contribution in [0.4, 0.5) is 10.5 Å². The maximum absolute atomic E-state index is 12.6. The van der Waals surface area contributed by atoms with Gasteiger partial charge in [-0.3, -0.25) is 0 Å². The van der Waals surface area contributed by atoms with Crippen molar-refractivity contribution >= 4 is 23.5 Å². The predicted molar refractivity (Wildman–Crippen MR) is 98.7 cm³/mol. The molecular formula is C18H22N2O4S. The Labute approximate surface area is 151 Å². The van der Waals surface area contributed by atoms with Crippen LogP contribution in [0.25, 0.3) is 0 Å². The molecule has 1 N–H and O–H groups in total. The Morgan fingerprint density at radius 3 is 2.88 bits per heavy atom. The third kappa shape index (κ3) is 4.22. The van der Waals surface area contributed by atoms with E-state index in [1.165, 1.54) is 0 Å². The number of methoxy groups -OCH3 is 2. The summed E-state index contributed by atoms with van der Waals surface area (Å²) in [4.78, 5) is 14.5. The first kappa shape index (κ1) is 17.5. The van der Waals surface area contributed by atoms with Crippen LogP contribution in [0.5, 0.6) is 11.5 Å². The molecule has 3 rings (SSSR count). The maximum atomic E-state index is 12.6. The van der Waals surface area contributed by atoms with Crippen LogP contribution in [0.2, 0.25) is 0 Å². The molecule has 25 heavy (non-hydrogen) atoms. The number of benzene rings is 1. The number of hydrogen-bond acceptors (Lipinski definition) is 5. The Bertz CT molecular complexity index is 705. The second kappa shape index (κ2) is 8.20. The van der Waals surface area contributed by atoms with Gasteiger partial charge in [0.1, 0.15) is 17.3 Å². The summed E-state index contributed by atoms with van der Waals surface area (Å²) in [6.45, 7) is 1.38. The van der Waals surface area contributed by atoms with Gasteiger partial charge in [0.15, 0.2) is 0 Å². The van der Waals surface area contributed by atoms with Gasteiger partial charge in [0.05, 0.1) is 31.4 Å². The Kier molecular flexibility index (Phi) is 5.75. The second-order valence-electron chi connectivity index (χ2n) is 5.65. The zero-order chi connectivity index (χ0) is 17.6. The fourth-order valence-electron chi connectivity index (χ4n) is 2.77. The lowest BCUT2D eigenvalue weighted by Gasteiger charge is -2.21. The molecule has 0 radical (unpaired) electrons. The molecule has 1 aromatic heterocycles. The monoisotopic (exact) mass is 362 g/mol. The Balaban J connectivity index is 1.63. The SMILES string of the molecule is COc1ccc(NC(=O)N2CCSC(c3ccco3)CC2)c(OC)c1. The van der Waals surface area contributed by atoms with Gasteiger partial charge in [0.25, 0.3) is 0 Å². The molecule has 1 aliphatic heterocycles. The molecule has 1 fully saturated rings. The summed E-state index contributed by atoms with van der Waals surface area (Å²) in [5, 5.41) is 3.23. The van der Waals surface area contributed by atoms with Gasteiger partial charge >= 0.3 is 6.03 Å². The Morgan fingerprint density at radius 2 is 2.16 bits per heavy atom. The van der Waals surface area contributed by atoms with Crippen molar-refractivity contribution < 1.29 is 18.7 Å². The molecule has 0 spiro atoms. The van der Waals surface area contributed by atoms with Crippen LogP contribution < -0.4 is 14.8 Å². The lowest BCUT2D eigenvalue weighted by Crippen LogP contribution is -2.36. The van der Waals surface area contributed by atoms with E-state index in [0.29, 0.717) is 35.5 Å². The quantitative estimate of drug-likeness (QED) is 0.890. The van der Waals surface area contributed by atoms with E-state index in [1.54, 1.807) is 38.7 Å². The number of urea groups is 1. The first-order valence-corrected chi connectivity index (χ1v) is 9.19. The van der Waals surface area contributed by atoms with Crippen molar-refractivity contribution in [3.05, 3.63) is 42.4 Å². The molecule has 0 bridgehead atoms. The first-order chi connectivity index (χ1) is 12.2. The topological polar surface area (TPSA) is 63.9 Å². The number of carbonyl (C=O) groups is 1. The van der Waals surface area contributed by atoms with Gasteiger partial charge in [-0.1, -0.05) is 0 Å². The van der Waals surface area contributed by atoms with Gasteiger partial charge < -0.3 is 24.1 Å². The third-order valence-electron chi connectivity index (χ3n) is 4.14. The third-order valence-corrected chi connectivity index (χ3v) is 5.43. The molecule has 2 amide bonds. The van der Waals surface area contributed by atoms with Crippen molar-refractivity contribution in [1.82, 2.24) is 4.90 Å². The smallest absolute Gasteiger partial charge is 0.321 e. The summed E-state index contributed by atoms with van der Waals surface area (Å²) in [7, 11) is 3.17. The standard InChI is InChI=1S/C18H22N2O4S/c1-22-13-5-6-14(16(12-13)23-2)19-18(21)20-8-7-17(25-11-9-20)15-4-3-10-24-15/h3-6,10,12,17H,7-9,11H2,1-2H3,(H,19,21). The zero-order valence-corrected chi connectivity index (χ0v) is 15.2. The molecule has 1 saturated heterocycles. The first-order valence-electron chi connectivity index (χ1n) is 8.14. The van der Waals surface area contributed by atoms with Gasteiger partial charge in [0.2, 0.25) is 0 Å². The molecule has 2 heterocycles. The lowest BCUT2D eigenvalue weighted by molar-refractivity contribution is 0.214. The van der Waals surface area contributed by atoms with Crippen LogP contribution in [-0.2, 0) is 0 Å². The van der Waals surface area contributed by atoms with Crippen molar-refractivity contribution in [3.63, 3.8) is 0 Å². The molecule has 1 aromatic carbocycles. The number of rotatable bonds is 4. The molecule has 1 aliphatic rings. The number of furan rings is 1. The molecule has 1 atom stereocenters. The van der Waals surface area contributed by atoms with Crippen LogP contribution in [0.15, 0.2) is 41.0 Å². The highest BCUT2D eigenvalue weighted by Crippen LogP contribution is 2.35. The number of nitrogens with zero attached hydrogens (tertiary/aromatic N) is 1. The van der Waals surface area contributed by atoms with E-state index in [9.17, 15) is 4.79 Å². The fraction of sp³-hybridized carbons (Fsp3) is 0.389.